The lowest BCUT2D eigenvalue weighted by molar-refractivity contribution is -0.117. The molecule has 6 nitrogen and oxygen atoms in total. The van der Waals surface area contributed by atoms with Crippen LogP contribution in [0.15, 0.2) is 18.2 Å². The predicted octanol–water partition coefficient (Wildman–Crippen LogP) is 5.27. The molecule has 1 aromatic rings. The van der Waals surface area contributed by atoms with Gasteiger partial charge in [0.2, 0.25) is 4.38 Å². The molecule has 0 aliphatic carbocycles. The number of rotatable bonds is 8. The minimum atomic E-state index is -0.670. The summed E-state index contributed by atoms with van der Waals surface area (Å²) in [4.78, 5) is 30.0. The molecule has 1 rings (SSSR count). The zero-order chi connectivity index (χ0) is 21.3. The Morgan fingerprint density at radius 2 is 2.04 bits per heavy atom. The number of thiocarbonyl (C=S) groups is 1. The van der Waals surface area contributed by atoms with Crippen LogP contribution in [0.3, 0.4) is 0 Å². The van der Waals surface area contributed by atoms with Crippen molar-refractivity contribution < 1.29 is 19.1 Å². The molecule has 156 valence electrons. The number of amides is 1. The summed E-state index contributed by atoms with van der Waals surface area (Å²) in [5.41, 5.74) is -0.670. The largest absolute Gasteiger partial charge is 0.479 e. The molecular weight excluding hydrogens is 420 g/mol. The van der Waals surface area contributed by atoms with Crippen molar-refractivity contribution in [1.29, 1.82) is 0 Å². The summed E-state index contributed by atoms with van der Waals surface area (Å²) in [7, 11) is 0. The van der Waals surface area contributed by atoms with Gasteiger partial charge in [0.25, 0.3) is 0 Å². The van der Waals surface area contributed by atoms with E-state index in [1.165, 1.54) is 23.6 Å². The van der Waals surface area contributed by atoms with Gasteiger partial charge in [-0.25, -0.2) is 9.78 Å². The lowest BCUT2D eigenvalue weighted by Crippen LogP contribution is -2.41. The summed E-state index contributed by atoms with van der Waals surface area (Å²) in [6, 6.07) is 5.03. The molecule has 1 unspecified atom stereocenters. The molecule has 0 aromatic carbocycles. The maximum atomic E-state index is 12.8. The molecule has 0 aliphatic rings. The number of hydrogen-bond donors (Lipinski definition) is 0. The molecule has 0 fully saturated rings. The molecule has 9 heteroatoms. The average Bonchev–Trinajstić information content (AvgIpc) is 2.55. The highest BCUT2D eigenvalue weighted by Gasteiger charge is 2.28. The first-order chi connectivity index (χ1) is 13.0. The van der Waals surface area contributed by atoms with Crippen LogP contribution in [0.1, 0.15) is 47.5 Å². The zero-order valence-electron chi connectivity index (χ0n) is 16.9. The van der Waals surface area contributed by atoms with Crippen LogP contribution < -0.4 is 4.90 Å². The van der Waals surface area contributed by atoms with Gasteiger partial charge in [-0.2, -0.15) is 0 Å². The second kappa shape index (κ2) is 11.6. The maximum absolute atomic E-state index is 12.8. The fraction of sp³-hybridized carbons (Fsp3) is 0.579. The molecule has 0 N–H and O–H groups in total. The lowest BCUT2D eigenvalue weighted by atomic mass is 10.2. The Labute approximate surface area is 181 Å². The first-order valence-corrected chi connectivity index (χ1v) is 10.6. The van der Waals surface area contributed by atoms with Crippen LogP contribution in [0, 0.1) is 0 Å². The normalized spacial score (nSPS) is 12.2. The van der Waals surface area contributed by atoms with Crippen LogP contribution in [-0.2, 0) is 14.3 Å². The number of thioether (sulfide) groups is 1. The summed E-state index contributed by atoms with van der Waals surface area (Å²) in [5.74, 6) is 0.440. The van der Waals surface area contributed by atoms with Crippen molar-refractivity contribution in [3.05, 3.63) is 23.4 Å². The molecule has 0 spiro atoms. The van der Waals surface area contributed by atoms with Crippen molar-refractivity contribution in [3.8, 4) is 0 Å². The Balaban J connectivity index is 3.10. The third kappa shape index (κ3) is 9.71. The van der Waals surface area contributed by atoms with E-state index in [0.717, 1.165) is 0 Å². The van der Waals surface area contributed by atoms with Gasteiger partial charge in [-0.3, -0.25) is 4.90 Å². The first-order valence-electron chi connectivity index (χ1n) is 8.97. The SMILES string of the molecule is CCOC(=S)SC(CCC(C)=O)CN(C(=O)OC(C)(C)C)c1cccc(Cl)n1. The summed E-state index contributed by atoms with van der Waals surface area (Å²) in [6.07, 6.45) is 0.364. The number of hydrogen-bond acceptors (Lipinski definition) is 7. The Kier molecular flexibility index (Phi) is 10.2. The molecule has 0 saturated heterocycles. The number of ketones is 1. The van der Waals surface area contributed by atoms with Crippen molar-refractivity contribution in [2.24, 2.45) is 0 Å². The van der Waals surface area contributed by atoms with E-state index in [0.29, 0.717) is 29.6 Å². The first kappa shape index (κ1) is 24.7. The van der Waals surface area contributed by atoms with Gasteiger partial charge in [-0.15, -0.1) is 0 Å². The molecule has 0 saturated carbocycles. The zero-order valence-corrected chi connectivity index (χ0v) is 19.2. The smallest absolute Gasteiger partial charge is 0.416 e. The number of Topliss-reactive ketones (excluding diaryl/α,β-unsaturated/α-hetero) is 1. The van der Waals surface area contributed by atoms with Crippen molar-refractivity contribution >= 4 is 57.7 Å². The second-order valence-corrected chi connectivity index (χ2v) is 9.36. The molecule has 0 bridgehead atoms. The van der Waals surface area contributed by atoms with Crippen molar-refractivity contribution in [1.82, 2.24) is 4.98 Å². The highest BCUT2D eigenvalue weighted by molar-refractivity contribution is 8.23. The summed E-state index contributed by atoms with van der Waals surface area (Å²) < 4.78 is 11.3. The number of ether oxygens (including phenoxy) is 2. The van der Waals surface area contributed by atoms with E-state index in [1.54, 1.807) is 39.0 Å². The van der Waals surface area contributed by atoms with Crippen molar-refractivity contribution in [2.75, 3.05) is 18.1 Å². The summed E-state index contributed by atoms with van der Waals surface area (Å²) in [5, 5.41) is 0.0973. The van der Waals surface area contributed by atoms with E-state index < -0.39 is 11.7 Å². The Hall–Kier alpha value is -1.38. The molecule has 1 aromatic heterocycles. The monoisotopic (exact) mass is 446 g/mol. The second-order valence-electron chi connectivity index (χ2n) is 7.07. The quantitative estimate of drug-likeness (QED) is 0.398. The fourth-order valence-electron chi connectivity index (χ4n) is 2.17. The summed E-state index contributed by atoms with van der Waals surface area (Å²) >= 11 is 12.6. The van der Waals surface area contributed by atoms with Gasteiger partial charge < -0.3 is 14.3 Å². The lowest BCUT2D eigenvalue weighted by Gasteiger charge is -2.29. The van der Waals surface area contributed by atoms with Gasteiger partial charge in [0, 0.05) is 18.2 Å². The third-order valence-corrected chi connectivity index (χ3v) is 4.97. The highest BCUT2D eigenvalue weighted by Crippen LogP contribution is 2.25. The Morgan fingerprint density at radius 1 is 1.36 bits per heavy atom. The van der Waals surface area contributed by atoms with Gasteiger partial charge in [0.05, 0.1) is 6.61 Å². The fourth-order valence-corrected chi connectivity index (χ4v) is 3.77. The van der Waals surface area contributed by atoms with Crippen LogP contribution in [0.2, 0.25) is 5.15 Å². The molecule has 1 atom stereocenters. The van der Waals surface area contributed by atoms with Crippen molar-refractivity contribution in [2.45, 2.75) is 58.3 Å². The van der Waals surface area contributed by atoms with Crippen LogP contribution in [0.4, 0.5) is 10.6 Å². The standard InChI is InChI=1S/C19H27ClN2O4S2/c1-6-25-18(27)28-14(11-10-13(2)23)12-22(17(24)26-19(3,4)5)16-9-7-8-15(20)21-16/h7-9,14H,6,10-12H2,1-5H3. The summed E-state index contributed by atoms with van der Waals surface area (Å²) in [6.45, 7) is 9.46. The third-order valence-electron chi connectivity index (χ3n) is 3.32. The van der Waals surface area contributed by atoms with E-state index >= 15 is 0 Å². The van der Waals surface area contributed by atoms with E-state index in [1.807, 2.05) is 6.92 Å². The van der Waals surface area contributed by atoms with Crippen LogP contribution >= 0.6 is 35.6 Å². The van der Waals surface area contributed by atoms with E-state index in [4.69, 9.17) is 33.3 Å². The molecule has 28 heavy (non-hydrogen) atoms. The number of nitrogens with zero attached hydrogens (tertiary/aromatic N) is 2. The van der Waals surface area contributed by atoms with Gasteiger partial charge in [0.1, 0.15) is 22.4 Å². The molecule has 1 heterocycles. The number of anilines is 1. The van der Waals surface area contributed by atoms with Gasteiger partial charge in [-0.05, 0) is 65.4 Å². The molecular formula is C19H27ClN2O4S2. The highest BCUT2D eigenvalue weighted by atomic mass is 35.5. The topological polar surface area (TPSA) is 68.7 Å². The average molecular weight is 447 g/mol. The molecule has 0 aliphatic heterocycles. The van der Waals surface area contributed by atoms with Crippen LogP contribution in [0.5, 0.6) is 0 Å². The van der Waals surface area contributed by atoms with E-state index in [9.17, 15) is 9.59 Å². The number of pyridine rings is 1. The Bertz CT molecular complexity index is 695. The van der Waals surface area contributed by atoms with Gasteiger partial charge in [0.15, 0.2) is 0 Å². The Morgan fingerprint density at radius 3 is 2.57 bits per heavy atom. The number of halogens is 1. The number of aromatic nitrogens is 1. The minimum Gasteiger partial charge on any atom is -0.479 e. The van der Waals surface area contributed by atoms with Crippen LogP contribution in [-0.4, -0.2) is 45.2 Å². The van der Waals surface area contributed by atoms with E-state index in [-0.39, 0.29) is 22.7 Å². The van der Waals surface area contributed by atoms with Gasteiger partial charge >= 0.3 is 6.09 Å². The molecule has 1 amide bonds. The van der Waals surface area contributed by atoms with Crippen LogP contribution in [0.25, 0.3) is 0 Å². The number of carbonyl (C=O) groups is 2. The van der Waals surface area contributed by atoms with Crippen molar-refractivity contribution in [3.63, 3.8) is 0 Å². The maximum Gasteiger partial charge on any atom is 0.416 e. The number of carbonyl (C=O) groups excluding carboxylic acids is 2. The van der Waals surface area contributed by atoms with E-state index in [2.05, 4.69) is 4.98 Å². The predicted molar refractivity (Wildman–Crippen MR) is 118 cm³/mol. The van der Waals surface area contributed by atoms with Gasteiger partial charge in [-0.1, -0.05) is 29.4 Å². The molecule has 0 radical (unpaired) electrons. The minimum absolute atomic E-state index is 0.0672.